The topological polar surface area (TPSA) is 9.23 Å². The van der Waals surface area contributed by atoms with Crippen LogP contribution in [-0.2, 0) is 0 Å². The van der Waals surface area contributed by atoms with Gasteiger partial charge >= 0.3 is 0 Å². The Labute approximate surface area is 83.6 Å². The van der Waals surface area contributed by atoms with E-state index < -0.39 is 11.6 Å². The molecule has 0 fully saturated rings. The molecule has 0 radical (unpaired) electrons. The molecule has 2 aromatic rings. The van der Waals surface area contributed by atoms with Gasteiger partial charge in [-0.25, -0.2) is 8.78 Å². The van der Waals surface area contributed by atoms with Crippen molar-refractivity contribution >= 4 is 11.3 Å². The van der Waals surface area contributed by atoms with Crippen molar-refractivity contribution in [1.82, 2.24) is 0 Å². The SMILES string of the molecule is Fc1cc(F)cc(Oc2ccsc2)c1. The largest absolute Gasteiger partial charge is 0.456 e. The molecule has 0 saturated heterocycles. The van der Waals surface area contributed by atoms with Gasteiger partial charge in [0.25, 0.3) is 0 Å². The Bertz CT molecular complexity index is 405. The van der Waals surface area contributed by atoms with Gasteiger partial charge in [-0.05, 0) is 11.4 Å². The smallest absolute Gasteiger partial charge is 0.138 e. The number of thiophene rings is 1. The molecule has 0 aliphatic carbocycles. The highest BCUT2D eigenvalue weighted by Crippen LogP contribution is 2.24. The van der Waals surface area contributed by atoms with Crippen molar-refractivity contribution in [3.8, 4) is 11.5 Å². The molecule has 0 aliphatic rings. The molecule has 0 atom stereocenters. The second-order valence-electron chi connectivity index (χ2n) is 2.67. The van der Waals surface area contributed by atoms with Gasteiger partial charge in [-0.3, -0.25) is 0 Å². The van der Waals surface area contributed by atoms with Gasteiger partial charge in [0.2, 0.25) is 0 Å². The van der Waals surface area contributed by atoms with Gasteiger partial charge in [0, 0.05) is 23.6 Å². The van der Waals surface area contributed by atoms with Crippen LogP contribution in [0, 0.1) is 11.6 Å². The number of hydrogen-bond acceptors (Lipinski definition) is 2. The molecule has 1 heterocycles. The van der Waals surface area contributed by atoms with E-state index in [0.717, 1.165) is 18.2 Å². The van der Waals surface area contributed by atoms with Gasteiger partial charge < -0.3 is 4.74 Å². The first-order chi connectivity index (χ1) is 6.74. The predicted molar refractivity (Wildman–Crippen MR) is 50.8 cm³/mol. The normalized spacial score (nSPS) is 10.1. The van der Waals surface area contributed by atoms with E-state index in [0.29, 0.717) is 5.75 Å². The Balaban J connectivity index is 2.25. The van der Waals surface area contributed by atoms with Crippen LogP contribution in [0.4, 0.5) is 8.78 Å². The molecule has 0 spiro atoms. The Hall–Kier alpha value is -1.42. The average molecular weight is 212 g/mol. The Kier molecular flexibility index (Phi) is 2.45. The maximum absolute atomic E-state index is 12.7. The third-order valence-electron chi connectivity index (χ3n) is 1.57. The maximum atomic E-state index is 12.7. The molecule has 72 valence electrons. The second-order valence-corrected chi connectivity index (χ2v) is 3.45. The lowest BCUT2D eigenvalue weighted by atomic mass is 10.3. The standard InChI is InChI=1S/C10H6F2OS/c11-7-3-8(12)5-10(4-7)13-9-1-2-14-6-9/h1-6H. The number of rotatable bonds is 2. The summed E-state index contributed by atoms with van der Waals surface area (Å²) < 4.78 is 30.7. The van der Waals surface area contributed by atoms with Gasteiger partial charge in [-0.1, -0.05) is 0 Å². The van der Waals surface area contributed by atoms with Crippen molar-refractivity contribution in [1.29, 1.82) is 0 Å². The molecular formula is C10H6F2OS. The van der Waals surface area contributed by atoms with Gasteiger partial charge in [0.1, 0.15) is 23.1 Å². The number of hydrogen-bond donors (Lipinski definition) is 0. The molecule has 1 aromatic carbocycles. The average Bonchev–Trinajstić information content (AvgIpc) is 2.54. The van der Waals surface area contributed by atoms with Gasteiger partial charge in [-0.15, -0.1) is 11.3 Å². The zero-order chi connectivity index (χ0) is 9.97. The fourth-order valence-corrected chi connectivity index (χ4v) is 1.59. The molecule has 0 bridgehead atoms. The van der Waals surface area contributed by atoms with Crippen molar-refractivity contribution in [2.24, 2.45) is 0 Å². The van der Waals surface area contributed by atoms with Crippen molar-refractivity contribution in [3.63, 3.8) is 0 Å². The summed E-state index contributed by atoms with van der Waals surface area (Å²) in [7, 11) is 0. The highest BCUT2D eigenvalue weighted by Gasteiger charge is 2.02. The summed E-state index contributed by atoms with van der Waals surface area (Å²) in [6.07, 6.45) is 0. The number of halogens is 2. The lowest BCUT2D eigenvalue weighted by Crippen LogP contribution is -1.85. The third kappa shape index (κ3) is 2.09. The van der Waals surface area contributed by atoms with Crippen LogP contribution in [0.15, 0.2) is 35.0 Å². The Morgan fingerprint density at radius 2 is 1.71 bits per heavy atom. The monoisotopic (exact) mass is 212 g/mol. The summed E-state index contributed by atoms with van der Waals surface area (Å²) in [5, 5.41) is 3.58. The summed E-state index contributed by atoms with van der Waals surface area (Å²) >= 11 is 1.45. The molecule has 0 N–H and O–H groups in total. The van der Waals surface area contributed by atoms with E-state index in [1.807, 2.05) is 5.38 Å². The summed E-state index contributed by atoms with van der Waals surface area (Å²) in [5.41, 5.74) is 0. The summed E-state index contributed by atoms with van der Waals surface area (Å²) in [4.78, 5) is 0. The van der Waals surface area contributed by atoms with Crippen LogP contribution in [-0.4, -0.2) is 0 Å². The van der Waals surface area contributed by atoms with E-state index in [4.69, 9.17) is 4.74 Å². The first-order valence-corrected chi connectivity index (χ1v) is 4.84. The lowest BCUT2D eigenvalue weighted by molar-refractivity contribution is 0.470. The zero-order valence-corrected chi connectivity index (χ0v) is 7.85. The summed E-state index contributed by atoms with van der Waals surface area (Å²) in [6, 6.07) is 4.81. The van der Waals surface area contributed by atoms with Crippen LogP contribution in [0.5, 0.6) is 11.5 Å². The van der Waals surface area contributed by atoms with E-state index in [1.165, 1.54) is 11.3 Å². The van der Waals surface area contributed by atoms with Gasteiger partial charge in [0.05, 0.1) is 0 Å². The molecule has 1 aromatic heterocycles. The van der Waals surface area contributed by atoms with Crippen LogP contribution < -0.4 is 4.74 Å². The van der Waals surface area contributed by atoms with E-state index in [9.17, 15) is 8.78 Å². The van der Waals surface area contributed by atoms with E-state index >= 15 is 0 Å². The van der Waals surface area contributed by atoms with E-state index in [1.54, 1.807) is 11.4 Å². The highest BCUT2D eigenvalue weighted by molar-refractivity contribution is 7.08. The zero-order valence-electron chi connectivity index (χ0n) is 7.04. The third-order valence-corrected chi connectivity index (χ3v) is 2.23. The van der Waals surface area contributed by atoms with Crippen LogP contribution in [0.2, 0.25) is 0 Å². The minimum atomic E-state index is -0.643. The molecule has 4 heteroatoms. The fourth-order valence-electron chi connectivity index (χ4n) is 1.03. The molecule has 14 heavy (non-hydrogen) atoms. The first kappa shape index (κ1) is 9.15. The van der Waals surface area contributed by atoms with E-state index in [-0.39, 0.29) is 5.75 Å². The summed E-state index contributed by atoms with van der Waals surface area (Å²) in [6.45, 7) is 0. The van der Waals surface area contributed by atoms with Crippen molar-refractivity contribution < 1.29 is 13.5 Å². The minimum Gasteiger partial charge on any atom is -0.456 e. The quantitative estimate of drug-likeness (QED) is 0.735. The van der Waals surface area contributed by atoms with Gasteiger partial charge in [-0.2, -0.15) is 0 Å². The van der Waals surface area contributed by atoms with Crippen molar-refractivity contribution in [3.05, 3.63) is 46.7 Å². The highest BCUT2D eigenvalue weighted by atomic mass is 32.1. The molecule has 0 unspecified atom stereocenters. The molecule has 0 saturated carbocycles. The van der Waals surface area contributed by atoms with Crippen LogP contribution in [0.25, 0.3) is 0 Å². The van der Waals surface area contributed by atoms with Crippen LogP contribution in [0.3, 0.4) is 0 Å². The van der Waals surface area contributed by atoms with Crippen LogP contribution in [0.1, 0.15) is 0 Å². The molecule has 0 amide bonds. The first-order valence-electron chi connectivity index (χ1n) is 3.90. The predicted octanol–water partition coefficient (Wildman–Crippen LogP) is 3.82. The molecule has 2 rings (SSSR count). The Morgan fingerprint density at radius 1 is 1.00 bits per heavy atom. The molecular weight excluding hydrogens is 206 g/mol. The Morgan fingerprint density at radius 3 is 2.29 bits per heavy atom. The minimum absolute atomic E-state index is 0.168. The maximum Gasteiger partial charge on any atom is 0.138 e. The lowest BCUT2D eigenvalue weighted by Gasteiger charge is -2.02. The van der Waals surface area contributed by atoms with Crippen LogP contribution >= 0.6 is 11.3 Å². The molecule has 0 aliphatic heterocycles. The van der Waals surface area contributed by atoms with E-state index in [2.05, 4.69) is 0 Å². The second kappa shape index (κ2) is 3.75. The fraction of sp³-hybridized carbons (Fsp3) is 0. The number of benzene rings is 1. The number of ether oxygens (including phenoxy) is 1. The molecule has 1 nitrogen and oxygen atoms in total. The van der Waals surface area contributed by atoms with Crippen molar-refractivity contribution in [2.75, 3.05) is 0 Å². The summed E-state index contributed by atoms with van der Waals surface area (Å²) in [5.74, 6) is -0.536. The van der Waals surface area contributed by atoms with Crippen molar-refractivity contribution in [2.45, 2.75) is 0 Å². The van der Waals surface area contributed by atoms with Gasteiger partial charge in [0.15, 0.2) is 0 Å².